The molecule has 0 aliphatic heterocycles. The van der Waals surface area contributed by atoms with Crippen LogP contribution in [0.4, 0.5) is 0 Å². The van der Waals surface area contributed by atoms with E-state index in [0.29, 0.717) is 24.7 Å². The van der Waals surface area contributed by atoms with Crippen molar-refractivity contribution < 1.29 is 23.2 Å². The molecule has 1 atom stereocenters. The topological polar surface area (TPSA) is 90.0 Å². The molecule has 0 saturated carbocycles. The minimum atomic E-state index is -0.179. The van der Waals surface area contributed by atoms with Crippen LogP contribution in [0, 0.1) is 13.8 Å². The van der Waals surface area contributed by atoms with Crippen molar-refractivity contribution in [2.75, 3.05) is 26.7 Å². The van der Waals surface area contributed by atoms with Gasteiger partial charge in [-0.15, -0.1) is 0 Å². The van der Waals surface area contributed by atoms with Crippen molar-refractivity contribution in [1.82, 2.24) is 15.4 Å². The molecule has 2 aromatic heterocycles. The number of rotatable bonds is 12. The van der Waals surface area contributed by atoms with Crippen LogP contribution < -0.4 is 14.8 Å². The Bertz CT molecular complexity index is 1060. The molecule has 1 aromatic carbocycles. The molecule has 0 fully saturated rings. The van der Waals surface area contributed by atoms with Crippen molar-refractivity contribution in [2.24, 2.45) is 0 Å². The van der Waals surface area contributed by atoms with Gasteiger partial charge in [-0.05, 0) is 62.8 Å². The van der Waals surface area contributed by atoms with Crippen molar-refractivity contribution >= 4 is 12.0 Å². The van der Waals surface area contributed by atoms with Gasteiger partial charge in [0.15, 0.2) is 11.5 Å². The van der Waals surface area contributed by atoms with E-state index in [1.807, 2.05) is 44.2 Å². The lowest BCUT2D eigenvalue weighted by Gasteiger charge is -2.28. The van der Waals surface area contributed by atoms with Gasteiger partial charge < -0.3 is 23.7 Å². The number of aromatic nitrogens is 1. The molecule has 8 nitrogen and oxygen atoms in total. The van der Waals surface area contributed by atoms with Gasteiger partial charge in [0.1, 0.15) is 18.1 Å². The third-order valence-electron chi connectivity index (χ3n) is 5.76. The fraction of sp³-hybridized carbons (Fsp3) is 0.385. The number of nitrogens with zero attached hydrogens (tertiary/aromatic N) is 2. The zero-order valence-electron chi connectivity index (χ0n) is 20.5. The Morgan fingerprint density at radius 3 is 2.62 bits per heavy atom. The van der Waals surface area contributed by atoms with Crippen LogP contribution in [-0.4, -0.2) is 42.7 Å². The third-order valence-corrected chi connectivity index (χ3v) is 5.76. The normalized spacial score (nSPS) is 12.3. The lowest BCUT2D eigenvalue weighted by molar-refractivity contribution is -0.116. The number of aryl methyl sites for hydroxylation is 2. The first kappa shape index (κ1) is 25.1. The van der Waals surface area contributed by atoms with Crippen LogP contribution in [0.1, 0.15) is 48.2 Å². The molecular formula is C26H33N3O5. The molecule has 0 unspecified atom stereocenters. The van der Waals surface area contributed by atoms with E-state index < -0.39 is 0 Å². The summed E-state index contributed by atoms with van der Waals surface area (Å²) in [5, 5.41) is 6.92. The number of ether oxygens (including phenoxy) is 2. The molecule has 0 spiro atoms. The second-order valence-corrected chi connectivity index (χ2v) is 7.83. The second kappa shape index (κ2) is 12.1. The van der Waals surface area contributed by atoms with Crippen molar-refractivity contribution in [1.29, 1.82) is 0 Å². The van der Waals surface area contributed by atoms with E-state index in [-0.39, 0.29) is 11.9 Å². The lowest BCUT2D eigenvalue weighted by atomic mass is 10.1. The van der Waals surface area contributed by atoms with Gasteiger partial charge in [-0.1, -0.05) is 25.1 Å². The van der Waals surface area contributed by atoms with Crippen LogP contribution in [0.5, 0.6) is 11.5 Å². The molecule has 3 aromatic rings. The Morgan fingerprint density at radius 2 is 2.00 bits per heavy atom. The fourth-order valence-corrected chi connectivity index (χ4v) is 3.75. The van der Waals surface area contributed by atoms with E-state index in [2.05, 4.69) is 29.2 Å². The Morgan fingerprint density at radius 1 is 1.21 bits per heavy atom. The molecule has 8 heteroatoms. The van der Waals surface area contributed by atoms with E-state index in [1.165, 1.54) is 6.08 Å². The minimum absolute atomic E-state index is 0.0171. The highest BCUT2D eigenvalue weighted by Gasteiger charge is 2.20. The van der Waals surface area contributed by atoms with Gasteiger partial charge in [0, 0.05) is 12.6 Å². The first-order chi connectivity index (χ1) is 16.5. The number of carbonyl (C=O) groups excluding carboxylic acids is 1. The first-order valence-electron chi connectivity index (χ1n) is 11.4. The van der Waals surface area contributed by atoms with E-state index in [9.17, 15) is 4.79 Å². The first-order valence-corrected chi connectivity index (χ1v) is 11.4. The maximum atomic E-state index is 12.5. The summed E-state index contributed by atoms with van der Waals surface area (Å²) in [6.45, 7) is 10.4. The van der Waals surface area contributed by atoms with Crippen LogP contribution in [0.3, 0.4) is 0 Å². The zero-order valence-corrected chi connectivity index (χ0v) is 20.5. The smallest absolute Gasteiger partial charge is 0.244 e. The summed E-state index contributed by atoms with van der Waals surface area (Å²) in [6.07, 6.45) is 4.92. The average molecular weight is 468 g/mol. The van der Waals surface area contributed by atoms with Gasteiger partial charge in [0.2, 0.25) is 5.91 Å². The fourth-order valence-electron chi connectivity index (χ4n) is 3.75. The predicted molar refractivity (Wildman–Crippen MR) is 130 cm³/mol. The molecule has 34 heavy (non-hydrogen) atoms. The Labute approximate surface area is 200 Å². The summed E-state index contributed by atoms with van der Waals surface area (Å²) in [4.78, 5) is 14.7. The Kier molecular flexibility index (Phi) is 8.93. The molecule has 0 aliphatic rings. The summed E-state index contributed by atoms with van der Waals surface area (Å²) >= 11 is 0. The predicted octanol–water partition coefficient (Wildman–Crippen LogP) is 4.68. The van der Waals surface area contributed by atoms with Gasteiger partial charge in [0.05, 0.1) is 30.7 Å². The average Bonchev–Trinajstić information content (AvgIpc) is 3.49. The molecule has 182 valence electrons. The zero-order chi connectivity index (χ0) is 24.5. The third kappa shape index (κ3) is 6.29. The van der Waals surface area contributed by atoms with Crippen LogP contribution in [0.15, 0.2) is 51.6 Å². The van der Waals surface area contributed by atoms with Gasteiger partial charge in [-0.3, -0.25) is 9.69 Å². The SMILES string of the molecule is CCN(CC)[C@H](CNC(=O)/C=C\c1ccc(OCc2c(C)noc2C)c(OC)c1)c1ccco1. The largest absolute Gasteiger partial charge is 0.493 e. The quantitative estimate of drug-likeness (QED) is 0.387. The molecule has 0 saturated heterocycles. The molecule has 0 aliphatic carbocycles. The van der Waals surface area contributed by atoms with E-state index in [4.69, 9.17) is 18.4 Å². The minimum Gasteiger partial charge on any atom is -0.493 e. The number of methoxy groups -OCH3 is 1. The van der Waals surface area contributed by atoms with Crippen molar-refractivity contribution in [2.45, 2.75) is 40.3 Å². The van der Waals surface area contributed by atoms with E-state index in [0.717, 1.165) is 41.4 Å². The highest BCUT2D eigenvalue weighted by Crippen LogP contribution is 2.30. The van der Waals surface area contributed by atoms with E-state index in [1.54, 1.807) is 19.4 Å². The molecule has 1 N–H and O–H groups in total. The Hall–Kier alpha value is -3.52. The van der Waals surface area contributed by atoms with Gasteiger partial charge >= 0.3 is 0 Å². The highest BCUT2D eigenvalue weighted by molar-refractivity contribution is 5.91. The number of furan rings is 1. The van der Waals surface area contributed by atoms with Gasteiger partial charge in [0.25, 0.3) is 0 Å². The number of hydrogen-bond donors (Lipinski definition) is 1. The van der Waals surface area contributed by atoms with Crippen molar-refractivity contribution in [3.05, 3.63) is 71.0 Å². The molecule has 0 bridgehead atoms. The van der Waals surface area contributed by atoms with Crippen LogP contribution in [0.25, 0.3) is 6.08 Å². The number of benzene rings is 1. The highest BCUT2D eigenvalue weighted by atomic mass is 16.5. The number of amides is 1. The van der Waals surface area contributed by atoms with Gasteiger partial charge in [-0.2, -0.15) is 0 Å². The van der Waals surface area contributed by atoms with Crippen molar-refractivity contribution in [3.63, 3.8) is 0 Å². The summed E-state index contributed by atoms with van der Waals surface area (Å²) in [7, 11) is 1.58. The van der Waals surface area contributed by atoms with Crippen molar-refractivity contribution in [3.8, 4) is 11.5 Å². The molecule has 3 rings (SSSR count). The van der Waals surface area contributed by atoms with Crippen LogP contribution in [-0.2, 0) is 11.4 Å². The van der Waals surface area contributed by atoms with Crippen LogP contribution in [0.2, 0.25) is 0 Å². The lowest BCUT2D eigenvalue weighted by Crippen LogP contribution is -2.37. The second-order valence-electron chi connectivity index (χ2n) is 7.83. The summed E-state index contributed by atoms with van der Waals surface area (Å²) in [5.41, 5.74) is 2.54. The van der Waals surface area contributed by atoms with Gasteiger partial charge in [-0.25, -0.2) is 0 Å². The number of carbonyl (C=O) groups is 1. The number of nitrogens with one attached hydrogen (secondary N) is 1. The monoisotopic (exact) mass is 467 g/mol. The molecule has 1 amide bonds. The maximum absolute atomic E-state index is 12.5. The number of hydrogen-bond acceptors (Lipinski definition) is 7. The molecule has 0 radical (unpaired) electrons. The van der Waals surface area contributed by atoms with E-state index >= 15 is 0 Å². The standard InChI is InChI=1S/C26H33N3O5/c1-6-29(7-2)22(23-9-8-14-32-23)16-27-26(30)13-11-20-10-12-24(25(15-20)31-5)33-17-21-18(3)28-34-19(21)4/h8-15,22H,6-7,16-17H2,1-5H3,(H,27,30)/b13-11-/t22-/m1/s1. The van der Waals surface area contributed by atoms with Crippen LogP contribution >= 0.6 is 0 Å². The molecule has 2 heterocycles. The summed E-state index contributed by atoms with van der Waals surface area (Å²) in [6, 6.07) is 9.30. The maximum Gasteiger partial charge on any atom is 0.244 e. The summed E-state index contributed by atoms with van der Waals surface area (Å²) < 4.78 is 22.2. The Balaban J connectivity index is 1.61. The number of likely N-dealkylation sites (N-methyl/N-ethyl adjacent to an activating group) is 1. The summed E-state index contributed by atoms with van der Waals surface area (Å²) in [5.74, 6) is 2.57. The molecular weight excluding hydrogens is 434 g/mol.